The minimum atomic E-state index is -0.109. The first-order valence-corrected chi connectivity index (χ1v) is 6.62. The third-order valence-corrected chi connectivity index (χ3v) is 2.84. The molecule has 1 unspecified atom stereocenters. The van der Waals surface area contributed by atoms with Gasteiger partial charge in [0.2, 0.25) is 0 Å². The van der Waals surface area contributed by atoms with Crippen LogP contribution in [0.2, 0.25) is 0 Å². The van der Waals surface area contributed by atoms with E-state index in [2.05, 4.69) is 31.2 Å². The monoisotopic (exact) mass is 336 g/mol. The van der Waals surface area contributed by atoms with Crippen LogP contribution in [0.3, 0.4) is 0 Å². The summed E-state index contributed by atoms with van der Waals surface area (Å²) in [6.45, 7) is 5.72. The van der Waals surface area contributed by atoms with Crippen molar-refractivity contribution in [2.45, 2.75) is 46.5 Å². The van der Waals surface area contributed by atoms with E-state index in [0.717, 1.165) is 25.4 Å². The quantitative estimate of drug-likeness (QED) is 0.552. The fourth-order valence-electron chi connectivity index (χ4n) is 1.96. The van der Waals surface area contributed by atoms with Gasteiger partial charge >= 0.3 is 0 Å². The van der Waals surface area contributed by atoms with Crippen molar-refractivity contribution in [3.63, 3.8) is 0 Å². The van der Waals surface area contributed by atoms with Gasteiger partial charge < -0.3 is 4.74 Å². The third-order valence-electron chi connectivity index (χ3n) is 2.84. The summed E-state index contributed by atoms with van der Waals surface area (Å²) in [7, 11) is 0. The molecule has 19 heavy (non-hydrogen) atoms. The van der Waals surface area contributed by atoms with Crippen LogP contribution in [0.5, 0.6) is 0 Å². The minimum Gasteiger partial charge on any atom is -0.634 e. The first-order valence-electron chi connectivity index (χ1n) is 6.62. The van der Waals surface area contributed by atoms with Gasteiger partial charge in [-0.1, -0.05) is 37.3 Å². The summed E-state index contributed by atoms with van der Waals surface area (Å²) >= 11 is 0. The largest absolute Gasteiger partial charge is 0.634 e. The van der Waals surface area contributed by atoms with Gasteiger partial charge in [-0.25, -0.2) is 0 Å². The predicted octanol–water partition coefficient (Wildman–Crippen LogP) is 4.15. The Bertz CT molecular complexity index is 349. The fourth-order valence-corrected chi connectivity index (χ4v) is 1.96. The maximum Gasteiger partial charge on any atom is 0.274 e. The van der Waals surface area contributed by atoms with Gasteiger partial charge in [-0.05, 0) is 30.7 Å². The summed E-state index contributed by atoms with van der Waals surface area (Å²) in [5, 5.41) is 0. The van der Waals surface area contributed by atoms with E-state index in [1.807, 2.05) is 6.07 Å². The van der Waals surface area contributed by atoms with Crippen LogP contribution in [0.15, 0.2) is 30.3 Å². The molecule has 103 valence electrons. The number of ether oxygens (including phenoxy) is 1. The summed E-state index contributed by atoms with van der Waals surface area (Å²) in [5.41, 5.74) is 1.37. The first kappa shape index (κ1) is 18.8. The van der Waals surface area contributed by atoms with Crippen LogP contribution < -0.4 is 0 Å². The molecule has 0 spiro atoms. The number of hydrogen-bond acceptors (Lipinski definition) is 2. The second-order valence-corrected chi connectivity index (χ2v) is 5.07. The molecule has 0 N–H and O–H groups in total. The van der Waals surface area contributed by atoms with Gasteiger partial charge in [-0.2, -0.15) is 13.8 Å². The Hall–Kier alpha value is -0.206. The molecule has 0 fully saturated rings. The molecule has 0 amide bonds. The van der Waals surface area contributed by atoms with Crippen LogP contribution >= 0.6 is 0 Å². The molecule has 0 aromatic heterocycles. The predicted molar refractivity (Wildman–Crippen MR) is 73.8 cm³/mol. The van der Waals surface area contributed by atoms with Crippen molar-refractivity contribution < 1.29 is 42.2 Å². The zero-order chi connectivity index (χ0) is 13.4. The minimum absolute atomic E-state index is 0. The Morgan fingerprint density at radius 1 is 1.26 bits per heavy atom. The van der Waals surface area contributed by atoms with Gasteiger partial charge in [-0.3, -0.25) is 4.79 Å². The Kier molecular flexibility index (Phi) is 10.5. The van der Waals surface area contributed by atoms with Gasteiger partial charge in [0.25, 0.3) is 5.97 Å². The molecule has 0 saturated heterocycles. The van der Waals surface area contributed by atoms with Crippen LogP contribution in [0.25, 0.3) is 0 Å². The normalized spacial score (nSPS) is 11.8. The Balaban J connectivity index is 0.00000324. The summed E-state index contributed by atoms with van der Waals surface area (Å²) < 4.78 is 5.06. The molecule has 1 radical (unpaired) electrons. The standard InChI is InChI=1S/C16H23O2.Y/c1-13(2)18-16(17)12-14(3)8-7-11-15-9-5-4-6-10-15;/h4-6,9-10,14H,7-8,11-12H2,1-3H3;/q-1;. The maximum absolute atomic E-state index is 11.5. The van der Waals surface area contributed by atoms with E-state index < -0.39 is 0 Å². The SMILES string of the molecule is C[C-](C)OC(=O)CC(C)CCCc1ccccc1.[Y]. The second kappa shape index (κ2) is 10.6. The van der Waals surface area contributed by atoms with Crippen LogP contribution in [-0.4, -0.2) is 5.97 Å². The van der Waals surface area contributed by atoms with Crippen molar-refractivity contribution in [1.82, 2.24) is 0 Å². The van der Waals surface area contributed by atoms with Crippen molar-refractivity contribution in [3.05, 3.63) is 42.0 Å². The molecule has 1 rings (SSSR count). The van der Waals surface area contributed by atoms with E-state index in [1.165, 1.54) is 5.56 Å². The van der Waals surface area contributed by atoms with E-state index in [9.17, 15) is 4.79 Å². The van der Waals surface area contributed by atoms with Crippen LogP contribution in [0, 0.1) is 12.0 Å². The molecule has 0 aliphatic heterocycles. The Morgan fingerprint density at radius 3 is 2.47 bits per heavy atom. The van der Waals surface area contributed by atoms with E-state index in [0.29, 0.717) is 12.3 Å². The van der Waals surface area contributed by atoms with Crippen LogP contribution in [-0.2, 0) is 48.7 Å². The summed E-state index contributed by atoms with van der Waals surface area (Å²) in [4.78, 5) is 11.5. The Morgan fingerprint density at radius 2 is 1.89 bits per heavy atom. The van der Waals surface area contributed by atoms with Gasteiger partial charge in [0.15, 0.2) is 0 Å². The zero-order valence-corrected chi connectivity index (χ0v) is 15.0. The topological polar surface area (TPSA) is 26.3 Å². The summed E-state index contributed by atoms with van der Waals surface area (Å²) in [6, 6.07) is 10.5. The molecule has 3 heteroatoms. The molecular formula is C16H23O2Y-. The Labute approximate surface area is 142 Å². The van der Waals surface area contributed by atoms with Crippen LogP contribution in [0.1, 0.15) is 45.6 Å². The summed E-state index contributed by atoms with van der Waals surface area (Å²) in [5.74, 6) is 0.280. The van der Waals surface area contributed by atoms with Gasteiger partial charge in [-0.15, -0.1) is 6.10 Å². The van der Waals surface area contributed by atoms with Gasteiger partial charge in [0.05, 0.1) is 0 Å². The zero-order valence-electron chi connectivity index (χ0n) is 12.2. The maximum atomic E-state index is 11.5. The molecule has 1 atom stereocenters. The van der Waals surface area contributed by atoms with E-state index >= 15 is 0 Å². The average molecular weight is 336 g/mol. The van der Waals surface area contributed by atoms with E-state index in [1.54, 1.807) is 13.8 Å². The van der Waals surface area contributed by atoms with Crippen molar-refractivity contribution in [2.24, 2.45) is 5.92 Å². The number of carbonyl (C=O) groups is 1. The molecule has 1 aromatic carbocycles. The number of esters is 1. The number of carbonyl (C=O) groups excluding carboxylic acids is 1. The van der Waals surface area contributed by atoms with Crippen molar-refractivity contribution in [3.8, 4) is 0 Å². The van der Waals surface area contributed by atoms with Crippen molar-refractivity contribution in [2.75, 3.05) is 0 Å². The fraction of sp³-hybridized carbons (Fsp3) is 0.500. The molecule has 1 aromatic rings. The van der Waals surface area contributed by atoms with E-state index in [-0.39, 0.29) is 38.7 Å². The molecule has 0 aliphatic rings. The third kappa shape index (κ3) is 9.35. The molecular weight excluding hydrogens is 313 g/mol. The first-order chi connectivity index (χ1) is 8.58. The smallest absolute Gasteiger partial charge is 0.274 e. The number of hydrogen-bond donors (Lipinski definition) is 0. The van der Waals surface area contributed by atoms with Crippen molar-refractivity contribution in [1.29, 1.82) is 0 Å². The molecule has 2 nitrogen and oxygen atoms in total. The van der Waals surface area contributed by atoms with Crippen molar-refractivity contribution >= 4 is 5.97 Å². The molecule has 0 heterocycles. The average Bonchev–Trinajstić information content (AvgIpc) is 2.29. The van der Waals surface area contributed by atoms with Gasteiger partial charge in [0, 0.05) is 39.1 Å². The molecule has 0 bridgehead atoms. The number of benzene rings is 1. The summed E-state index contributed by atoms with van der Waals surface area (Å²) in [6.07, 6.45) is 4.50. The molecule has 0 aliphatic carbocycles. The van der Waals surface area contributed by atoms with E-state index in [4.69, 9.17) is 4.74 Å². The van der Waals surface area contributed by atoms with Gasteiger partial charge in [0.1, 0.15) is 0 Å². The molecule has 0 saturated carbocycles. The number of rotatable bonds is 7. The number of aryl methyl sites for hydroxylation is 1. The second-order valence-electron chi connectivity index (χ2n) is 5.07. The van der Waals surface area contributed by atoms with Crippen LogP contribution in [0.4, 0.5) is 0 Å².